The van der Waals surface area contributed by atoms with Crippen LogP contribution in [0.15, 0.2) is 0 Å². The van der Waals surface area contributed by atoms with E-state index in [2.05, 4.69) is 19.2 Å². The lowest BCUT2D eigenvalue weighted by Gasteiger charge is -2.11. The van der Waals surface area contributed by atoms with Crippen molar-refractivity contribution < 1.29 is 4.74 Å². The van der Waals surface area contributed by atoms with Crippen LogP contribution in [0.2, 0.25) is 0 Å². The zero-order valence-electron chi connectivity index (χ0n) is 8.43. The van der Waals surface area contributed by atoms with Gasteiger partial charge in [-0.25, -0.2) is 0 Å². The van der Waals surface area contributed by atoms with E-state index in [1.807, 2.05) is 18.8 Å². The van der Waals surface area contributed by atoms with Gasteiger partial charge in [0.05, 0.1) is 6.10 Å². The molecule has 1 atom stereocenters. The van der Waals surface area contributed by atoms with E-state index in [1.165, 1.54) is 17.9 Å². The van der Waals surface area contributed by atoms with E-state index in [9.17, 15) is 0 Å². The molecular formula is C9H21NOS. The van der Waals surface area contributed by atoms with Crippen LogP contribution < -0.4 is 5.32 Å². The van der Waals surface area contributed by atoms with Crippen LogP contribution in [0.25, 0.3) is 0 Å². The molecule has 0 radical (unpaired) electrons. The van der Waals surface area contributed by atoms with Crippen molar-refractivity contribution in [1.82, 2.24) is 5.32 Å². The highest BCUT2D eigenvalue weighted by atomic mass is 32.2. The Labute approximate surface area is 80.4 Å². The zero-order valence-corrected chi connectivity index (χ0v) is 9.25. The van der Waals surface area contributed by atoms with Gasteiger partial charge in [-0.1, -0.05) is 6.92 Å². The second-order valence-electron chi connectivity index (χ2n) is 2.79. The van der Waals surface area contributed by atoms with Crippen LogP contribution in [-0.2, 0) is 4.74 Å². The highest BCUT2D eigenvalue weighted by Gasteiger charge is 1.98. The molecule has 1 unspecified atom stereocenters. The molecule has 0 saturated carbocycles. The van der Waals surface area contributed by atoms with Gasteiger partial charge < -0.3 is 10.1 Å². The van der Waals surface area contributed by atoms with E-state index in [0.717, 1.165) is 13.2 Å². The summed E-state index contributed by atoms with van der Waals surface area (Å²) in [6.45, 7) is 6.13. The Hall–Kier alpha value is 0.270. The van der Waals surface area contributed by atoms with Crippen LogP contribution in [-0.4, -0.2) is 37.8 Å². The Bertz CT molecular complexity index is 90.6. The van der Waals surface area contributed by atoms with E-state index in [1.54, 1.807) is 0 Å². The van der Waals surface area contributed by atoms with Gasteiger partial charge in [0.15, 0.2) is 0 Å². The fourth-order valence-corrected chi connectivity index (χ4v) is 1.55. The van der Waals surface area contributed by atoms with Gasteiger partial charge in [0.1, 0.15) is 0 Å². The molecule has 0 aromatic heterocycles. The Morgan fingerprint density at radius 2 is 2.25 bits per heavy atom. The van der Waals surface area contributed by atoms with Gasteiger partial charge in [-0.05, 0) is 31.9 Å². The summed E-state index contributed by atoms with van der Waals surface area (Å²) in [7, 11) is 1.95. The molecule has 0 aromatic rings. The molecule has 0 aromatic carbocycles. The van der Waals surface area contributed by atoms with Crippen LogP contribution in [0.4, 0.5) is 0 Å². The molecule has 0 rings (SSSR count). The largest absolute Gasteiger partial charge is 0.377 e. The standard InChI is InChI=1S/C9H21NOS/c1-4-12-7-5-6-11-9(2)8-10-3/h9-10H,4-8H2,1-3H3. The number of likely N-dealkylation sites (N-methyl/N-ethyl adjacent to an activating group) is 1. The van der Waals surface area contributed by atoms with E-state index in [-0.39, 0.29) is 0 Å². The lowest BCUT2D eigenvalue weighted by atomic mass is 10.4. The molecule has 0 aliphatic carbocycles. The normalized spacial score (nSPS) is 13.2. The van der Waals surface area contributed by atoms with Crippen molar-refractivity contribution in [3.8, 4) is 0 Å². The van der Waals surface area contributed by atoms with Gasteiger partial charge in [0.2, 0.25) is 0 Å². The molecule has 0 heterocycles. The van der Waals surface area contributed by atoms with E-state index >= 15 is 0 Å². The number of hydrogen-bond acceptors (Lipinski definition) is 3. The number of thioether (sulfide) groups is 1. The third-order valence-electron chi connectivity index (χ3n) is 1.53. The molecule has 74 valence electrons. The van der Waals surface area contributed by atoms with Crippen molar-refractivity contribution in [1.29, 1.82) is 0 Å². The molecule has 0 aliphatic heterocycles. The average Bonchev–Trinajstić information content (AvgIpc) is 2.05. The molecule has 0 amide bonds. The van der Waals surface area contributed by atoms with Crippen molar-refractivity contribution in [3.63, 3.8) is 0 Å². The molecule has 0 fully saturated rings. The Morgan fingerprint density at radius 1 is 1.50 bits per heavy atom. The van der Waals surface area contributed by atoms with Crippen molar-refractivity contribution >= 4 is 11.8 Å². The molecule has 0 aliphatic rings. The number of nitrogens with one attached hydrogen (secondary N) is 1. The summed E-state index contributed by atoms with van der Waals surface area (Å²) < 4.78 is 5.55. The fourth-order valence-electron chi connectivity index (χ4n) is 0.936. The molecule has 0 spiro atoms. The molecule has 12 heavy (non-hydrogen) atoms. The first-order chi connectivity index (χ1) is 5.81. The second-order valence-corrected chi connectivity index (χ2v) is 4.18. The van der Waals surface area contributed by atoms with Crippen LogP contribution >= 0.6 is 11.8 Å². The van der Waals surface area contributed by atoms with Crippen molar-refractivity contribution in [3.05, 3.63) is 0 Å². The Kier molecular flexibility index (Phi) is 9.57. The van der Waals surface area contributed by atoms with Crippen LogP contribution in [0.5, 0.6) is 0 Å². The van der Waals surface area contributed by atoms with E-state index < -0.39 is 0 Å². The number of rotatable bonds is 8. The van der Waals surface area contributed by atoms with E-state index in [0.29, 0.717) is 6.10 Å². The first-order valence-corrected chi connectivity index (χ1v) is 5.80. The fraction of sp³-hybridized carbons (Fsp3) is 1.00. The summed E-state index contributed by atoms with van der Waals surface area (Å²) in [5, 5.41) is 3.09. The number of hydrogen-bond donors (Lipinski definition) is 1. The predicted molar refractivity (Wildman–Crippen MR) is 57.0 cm³/mol. The minimum absolute atomic E-state index is 0.349. The summed E-state index contributed by atoms with van der Waals surface area (Å²) in [4.78, 5) is 0. The maximum atomic E-state index is 5.55. The minimum atomic E-state index is 0.349. The Morgan fingerprint density at radius 3 is 2.83 bits per heavy atom. The Balaban J connectivity index is 2.97. The molecule has 2 nitrogen and oxygen atoms in total. The molecule has 0 bridgehead atoms. The zero-order chi connectivity index (χ0) is 9.23. The SMILES string of the molecule is CCSCCCOC(C)CNC. The van der Waals surface area contributed by atoms with Gasteiger partial charge in [-0.2, -0.15) is 11.8 Å². The molecule has 3 heteroatoms. The van der Waals surface area contributed by atoms with Gasteiger partial charge in [0, 0.05) is 13.2 Å². The average molecular weight is 191 g/mol. The summed E-state index contributed by atoms with van der Waals surface area (Å²) in [5.74, 6) is 2.44. The van der Waals surface area contributed by atoms with Gasteiger partial charge >= 0.3 is 0 Å². The highest BCUT2D eigenvalue weighted by molar-refractivity contribution is 7.99. The lowest BCUT2D eigenvalue weighted by Crippen LogP contribution is -2.24. The predicted octanol–water partition coefficient (Wildman–Crippen LogP) is 1.75. The molecular weight excluding hydrogens is 170 g/mol. The molecule has 1 N–H and O–H groups in total. The van der Waals surface area contributed by atoms with Gasteiger partial charge in [-0.3, -0.25) is 0 Å². The summed E-state index contributed by atoms with van der Waals surface area (Å²) in [6.07, 6.45) is 1.52. The topological polar surface area (TPSA) is 21.3 Å². The highest BCUT2D eigenvalue weighted by Crippen LogP contribution is 2.01. The minimum Gasteiger partial charge on any atom is -0.377 e. The first-order valence-electron chi connectivity index (χ1n) is 4.65. The van der Waals surface area contributed by atoms with Gasteiger partial charge in [0.25, 0.3) is 0 Å². The van der Waals surface area contributed by atoms with E-state index in [4.69, 9.17) is 4.74 Å². The summed E-state index contributed by atoms with van der Waals surface area (Å²) in [5.41, 5.74) is 0. The molecule has 0 saturated heterocycles. The monoisotopic (exact) mass is 191 g/mol. The van der Waals surface area contributed by atoms with Crippen LogP contribution in [0.1, 0.15) is 20.3 Å². The van der Waals surface area contributed by atoms with Crippen molar-refractivity contribution in [2.45, 2.75) is 26.4 Å². The van der Waals surface area contributed by atoms with Crippen LogP contribution in [0.3, 0.4) is 0 Å². The lowest BCUT2D eigenvalue weighted by molar-refractivity contribution is 0.0683. The number of ether oxygens (including phenoxy) is 1. The van der Waals surface area contributed by atoms with Gasteiger partial charge in [-0.15, -0.1) is 0 Å². The smallest absolute Gasteiger partial charge is 0.0671 e. The maximum Gasteiger partial charge on any atom is 0.0671 e. The van der Waals surface area contributed by atoms with Crippen molar-refractivity contribution in [2.24, 2.45) is 0 Å². The summed E-state index contributed by atoms with van der Waals surface area (Å²) >= 11 is 1.98. The second kappa shape index (κ2) is 9.36. The quantitative estimate of drug-likeness (QED) is 0.591. The third kappa shape index (κ3) is 8.37. The van der Waals surface area contributed by atoms with Crippen molar-refractivity contribution in [2.75, 3.05) is 31.7 Å². The third-order valence-corrected chi connectivity index (χ3v) is 2.52. The van der Waals surface area contributed by atoms with Crippen LogP contribution in [0, 0.1) is 0 Å². The first kappa shape index (κ1) is 12.3. The summed E-state index contributed by atoms with van der Waals surface area (Å²) in [6, 6.07) is 0. The maximum absolute atomic E-state index is 5.55.